The highest BCUT2D eigenvalue weighted by atomic mass is 16.2. The minimum Gasteiger partial charge on any atom is -0.393 e. The Balaban J connectivity index is 0.000000414. The molecule has 0 unspecified atom stereocenters. The molecule has 168 valence electrons. The lowest BCUT2D eigenvalue weighted by atomic mass is 10.0. The summed E-state index contributed by atoms with van der Waals surface area (Å²) in [6.07, 6.45) is 16.6. The number of nitrogens with zero attached hydrogens (tertiary/aromatic N) is 1. The van der Waals surface area contributed by atoms with Crippen LogP contribution < -0.4 is 28.3 Å². The number of unbranched alkanes of at least 4 members (excludes halogenated alkanes) is 10. The van der Waals surface area contributed by atoms with Gasteiger partial charge in [-0.05, 0) is 12.8 Å². The summed E-state index contributed by atoms with van der Waals surface area (Å²) in [5, 5.41) is 0. The molecule has 0 spiro atoms. The standard InChI is InChI=1S/C17H31N3O.C4H5N3O2/c1-2-3-4-5-6-7-8-9-10-11-12-13-15-14-16(21)20-17(18)19-15;5-2-1-6-4(9)7-3(2)8/h14H,2-13H2,1H3,(H3,18,19,20,21);1H,5H2,(H2,6,7,8,9). The summed E-state index contributed by atoms with van der Waals surface area (Å²) in [7, 11) is 0. The van der Waals surface area contributed by atoms with Crippen molar-refractivity contribution in [1.29, 1.82) is 0 Å². The van der Waals surface area contributed by atoms with Gasteiger partial charge in [-0.1, -0.05) is 71.1 Å². The van der Waals surface area contributed by atoms with Crippen LogP contribution in [0.15, 0.2) is 26.6 Å². The maximum Gasteiger partial charge on any atom is 0.325 e. The molecule has 0 atom stereocenters. The lowest BCUT2D eigenvalue weighted by molar-refractivity contribution is 0.549. The van der Waals surface area contributed by atoms with Crippen molar-refractivity contribution in [2.75, 3.05) is 11.5 Å². The third-order valence-corrected chi connectivity index (χ3v) is 4.70. The molecule has 30 heavy (non-hydrogen) atoms. The number of anilines is 2. The van der Waals surface area contributed by atoms with E-state index in [1.807, 2.05) is 4.98 Å². The molecule has 0 amide bonds. The van der Waals surface area contributed by atoms with Gasteiger partial charge in [-0.3, -0.25) is 19.6 Å². The van der Waals surface area contributed by atoms with Crippen LogP contribution in [0.4, 0.5) is 11.6 Å². The average molecular weight is 421 g/mol. The molecule has 2 rings (SSSR count). The third kappa shape index (κ3) is 11.9. The Hall–Kier alpha value is -2.84. The molecule has 2 heterocycles. The van der Waals surface area contributed by atoms with Gasteiger partial charge in [0, 0.05) is 18.0 Å². The maximum atomic E-state index is 11.2. The number of aromatic nitrogens is 4. The molecule has 0 saturated heterocycles. The Bertz CT molecular complexity index is 887. The number of hydrogen-bond acceptors (Lipinski definition) is 6. The SMILES string of the molecule is CCCCCCCCCCCCCc1cc(=O)[nH]c(N)n1.Nc1c[nH]c(=O)[nH]c1=O. The molecular weight excluding hydrogens is 384 g/mol. The Morgan fingerprint density at radius 3 is 1.90 bits per heavy atom. The summed E-state index contributed by atoms with van der Waals surface area (Å²) >= 11 is 0. The van der Waals surface area contributed by atoms with Gasteiger partial charge in [-0.25, -0.2) is 9.78 Å². The van der Waals surface area contributed by atoms with Crippen LogP contribution in [0, 0.1) is 0 Å². The number of aryl methyl sites for hydroxylation is 1. The molecule has 2 aromatic heterocycles. The quantitative estimate of drug-likeness (QED) is 0.331. The van der Waals surface area contributed by atoms with Gasteiger partial charge in [0.1, 0.15) is 5.69 Å². The first-order chi connectivity index (χ1) is 14.4. The molecule has 9 nitrogen and oxygen atoms in total. The van der Waals surface area contributed by atoms with Crippen molar-refractivity contribution < 1.29 is 0 Å². The topological polar surface area (TPSA) is 164 Å². The van der Waals surface area contributed by atoms with Gasteiger partial charge in [0.05, 0.1) is 0 Å². The van der Waals surface area contributed by atoms with Crippen molar-refractivity contribution in [2.24, 2.45) is 0 Å². The normalized spacial score (nSPS) is 10.4. The summed E-state index contributed by atoms with van der Waals surface area (Å²) in [5.74, 6) is 0.223. The van der Waals surface area contributed by atoms with Gasteiger partial charge < -0.3 is 16.5 Å². The zero-order chi connectivity index (χ0) is 22.2. The lowest BCUT2D eigenvalue weighted by Crippen LogP contribution is -2.23. The Morgan fingerprint density at radius 2 is 1.40 bits per heavy atom. The highest BCUT2D eigenvalue weighted by Crippen LogP contribution is 2.12. The van der Waals surface area contributed by atoms with Crippen molar-refractivity contribution in [3.8, 4) is 0 Å². The molecule has 0 aliphatic heterocycles. The van der Waals surface area contributed by atoms with Crippen LogP contribution in [0.3, 0.4) is 0 Å². The fourth-order valence-corrected chi connectivity index (χ4v) is 3.05. The first-order valence-corrected chi connectivity index (χ1v) is 10.9. The van der Waals surface area contributed by atoms with Gasteiger partial charge in [0.2, 0.25) is 5.95 Å². The molecule has 0 aliphatic carbocycles. The number of nitrogens with one attached hydrogen (secondary N) is 3. The highest BCUT2D eigenvalue weighted by molar-refractivity contribution is 5.29. The first-order valence-electron chi connectivity index (χ1n) is 10.9. The number of H-pyrrole nitrogens is 3. The second-order valence-electron chi connectivity index (χ2n) is 7.43. The zero-order valence-electron chi connectivity index (χ0n) is 18.0. The van der Waals surface area contributed by atoms with E-state index in [2.05, 4.69) is 21.9 Å². The van der Waals surface area contributed by atoms with E-state index in [0.29, 0.717) is 0 Å². The minimum atomic E-state index is -0.557. The molecule has 7 N–H and O–H groups in total. The number of rotatable bonds is 12. The van der Waals surface area contributed by atoms with E-state index < -0.39 is 11.2 Å². The Morgan fingerprint density at radius 1 is 0.833 bits per heavy atom. The number of nitrogen functional groups attached to an aromatic ring is 2. The molecule has 0 aromatic carbocycles. The maximum absolute atomic E-state index is 11.2. The van der Waals surface area contributed by atoms with Crippen molar-refractivity contribution in [3.05, 3.63) is 49.1 Å². The molecule has 0 aliphatic rings. The summed E-state index contributed by atoms with van der Waals surface area (Å²) in [5.41, 5.74) is 10.2. The summed E-state index contributed by atoms with van der Waals surface area (Å²) in [6.45, 7) is 2.26. The van der Waals surface area contributed by atoms with Crippen LogP contribution in [0.25, 0.3) is 0 Å². The van der Waals surface area contributed by atoms with Crippen molar-refractivity contribution >= 4 is 11.6 Å². The van der Waals surface area contributed by atoms with Crippen LogP contribution in [0.5, 0.6) is 0 Å². The van der Waals surface area contributed by atoms with E-state index in [0.717, 1.165) is 24.7 Å². The van der Waals surface area contributed by atoms with E-state index in [9.17, 15) is 14.4 Å². The predicted molar refractivity (Wildman–Crippen MR) is 122 cm³/mol. The zero-order valence-corrected chi connectivity index (χ0v) is 18.0. The van der Waals surface area contributed by atoms with Crippen molar-refractivity contribution in [3.63, 3.8) is 0 Å². The lowest BCUT2D eigenvalue weighted by Gasteiger charge is -2.03. The molecule has 0 bridgehead atoms. The second kappa shape index (κ2) is 15.1. The fraction of sp³-hybridized carbons (Fsp3) is 0.619. The van der Waals surface area contributed by atoms with Gasteiger partial charge in [-0.2, -0.15) is 0 Å². The number of nitrogens with two attached hydrogens (primary N) is 2. The van der Waals surface area contributed by atoms with E-state index in [-0.39, 0.29) is 17.2 Å². The fourth-order valence-electron chi connectivity index (χ4n) is 3.05. The van der Waals surface area contributed by atoms with Gasteiger partial charge >= 0.3 is 5.69 Å². The monoisotopic (exact) mass is 420 g/mol. The largest absolute Gasteiger partial charge is 0.393 e. The van der Waals surface area contributed by atoms with Gasteiger partial charge in [-0.15, -0.1) is 0 Å². The van der Waals surface area contributed by atoms with Crippen molar-refractivity contribution in [1.82, 2.24) is 19.9 Å². The van der Waals surface area contributed by atoms with Crippen molar-refractivity contribution in [2.45, 2.75) is 84.0 Å². The smallest absolute Gasteiger partial charge is 0.325 e. The number of aromatic amines is 3. The van der Waals surface area contributed by atoms with Crippen LogP contribution in [0.1, 0.15) is 83.2 Å². The predicted octanol–water partition coefficient (Wildman–Crippen LogP) is 2.85. The van der Waals surface area contributed by atoms with Crippen LogP contribution in [0.2, 0.25) is 0 Å². The number of hydrogen-bond donors (Lipinski definition) is 5. The summed E-state index contributed by atoms with van der Waals surface area (Å²) in [6, 6.07) is 1.55. The Labute approximate surface area is 176 Å². The summed E-state index contributed by atoms with van der Waals surface area (Å²) in [4.78, 5) is 42.7. The van der Waals surface area contributed by atoms with E-state index in [1.165, 1.54) is 64.2 Å². The second-order valence-corrected chi connectivity index (χ2v) is 7.43. The third-order valence-electron chi connectivity index (χ3n) is 4.70. The van der Waals surface area contributed by atoms with E-state index in [4.69, 9.17) is 11.5 Å². The average Bonchev–Trinajstić information content (AvgIpc) is 2.69. The molecule has 9 heteroatoms. The molecule has 0 radical (unpaired) electrons. The molecule has 2 aromatic rings. The summed E-state index contributed by atoms with van der Waals surface area (Å²) < 4.78 is 0. The van der Waals surface area contributed by atoms with Crippen LogP contribution >= 0.6 is 0 Å². The minimum absolute atomic E-state index is 0.00889. The van der Waals surface area contributed by atoms with Crippen LogP contribution in [-0.4, -0.2) is 19.9 Å². The first kappa shape index (κ1) is 25.2. The van der Waals surface area contributed by atoms with Gasteiger partial charge in [0.25, 0.3) is 11.1 Å². The Kier molecular flexibility index (Phi) is 12.6. The molecule has 0 saturated carbocycles. The van der Waals surface area contributed by atoms with Gasteiger partial charge in [0.15, 0.2) is 0 Å². The highest BCUT2D eigenvalue weighted by Gasteiger charge is 1.99. The molecular formula is C21H36N6O3. The van der Waals surface area contributed by atoms with E-state index in [1.54, 1.807) is 6.07 Å². The van der Waals surface area contributed by atoms with E-state index >= 15 is 0 Å². The van der Waals surface area contributed by atoms with Crippen LogP contribution in [-0.2, 0) is 6.42 Å². The molecule has 0 fully saturated rings.